The van der Waals surface area contributed by atoms with Crippen LogP contribution in [0.1, 0.15) is 37.5 Å². The highest BCUT2D eigenvalue weighted by Gasteiger charge is 2.46. The average molecular weight is 507 g/mol. The molecule has 34 heavy (non-hydrogen) atoms. The molecule has 0 radical (unpaired) electrons. The molecule has 2 aliphatic rings. The van der Waals surface area contributed by atoms with Crippen LogP contribution in [0.2, 0.25) is 10.0 Å². The van der Waals surface area contributed by atoms with Gasteiger partial charge in [0.25, 0.3) is 0 Å². The van der Waals surface area contributed by atoms with Gasteiger partial charge in [0.2, 0.25) is 0 Å². The Morgan fingerprint density at radius 2 is 2.00 bits per heavy atom. The number of halogens is 3. The third kappa shape index (κ3) is 4.24. The van der Waals surface area contributed by atoms with Crippen LogP contribution in [0.4, 0.5) is 10.2 Å². The first kappa shape index (κ1) is 23.4. The number of nitrogen functional groups attached to an aromatic ring is 1. The quantitative estimate of drug-likeness (QED) is 0.461. The van der Waals surface area contributed by atoms with E-state index in [9.17, 15) is 4.39 Å². The molecule has 0 saturated carbocycles. The Bertz CT molecular complexity index is 1200. The number of pyridine rings is 1. The average Bonchev–Trinajstić information content (AvgIpc) is 3.49. The zero-order valence-electron chi connectivity index (χ0n) is 18.6. The molecule has 2 aromatic heterocycles. The van der Waals surface area contributed by atoms with E-state index in [1.54, 1.807) is 25.4 Å². The largest absolute Gasteiger partial charge is 0.482 e. The molecule has 3 aromatic rings. The first-order valence-electron chi connectivity index (χ1n) is 11.1. The molecule has 2 aliphatic heterocycles. The molecule has 2 fully saturated rings. The first-order valence-corrected chi connectivity index (χ1v) is 11.9. The maximum atomic E-state index is 14.0. The van der Waals surface area contributed by atoms with E-state index in [2.05, 4.69) is 10.1 Å². The molecule has 3 atom stereocenters. The molecule has 5 rings (SSSR count). The number of hydrogen-bond acceptors (Lipinski definition) is 6. The highest BCUT2D eigenvalue weighted by molar-refractivity contribution is 6.36. The van der Waals surface area contributed by atoms with Gasteiger partial charge in [-0.15, -0.1) is 0 Å². The molecule has 0 amide bonds. The topological polar surface area (TPSA) is 84.4 Å². The third-order valence-corrected chi connectivity index (χ3v) is 7.41. The van der Waals surface area contributed by atoms with Gasteiger partial charge >= 0.3 is 0 Å². The second-order valence-electron chi connectivity index (χ2n) is 8.86. The number of hydrogen-bond donors (Lipinski definition) is 1. The minimum absolute atomic E-state index is 0.0475. The maximum Gasteiger partial charge on any atom is 0.166 e. The summed E-state index contributed by atoms with van der Waals surface area (Å²) in [7, 11) is 0. The Balaban J connectivity index is 1.41. The summed E-state index contributed by atoms with van der Waals surface area (Å²) in [6.45, 7) is 4.53. The standard InChI is InChI=1S/C24H25Cl2FN4O3/c1-14(21-17(25)2-3-18(27)22(21)26)34-19-8-15(9-29-23(19)28)16-10-30-31(11-16)20-4-6-32-12-24(20)5-7-33-13-24/h2-3,8-11,14,20H,4-7,12-13H2,1H3,(H2,28,29). The molecule has 1 aromatic carbocycles. The fourth-order valence-corrected chi connectivity index (χ4v) is 5.49. The Labute approximate surface area is 206 Å². The van der Waals surface area contributed by atoms with Crippen molar-refractivity contribution in [3.05, 3.63) is 58.2 Å². The maximum absolute atomic E-state index is 14.0. The molecule has 0 aliphatic carbocycles. The molecule has 2 saturated heterocycles. The summed E-state index contributed by atoms with van der Waals surface area (Å²) < 4.78 is 33.5. The van der Waals surface area contributed by atoms with Gasteiger partial charge in [0.1, 0.15) is 11.9 Å². The molecule has 2 N–H and O–H groups in total. The molecule has 4 heterocycles. The van der Waals surface area contributed by atoms with Gasteiger partial charge in [0.05, 0.1) is 30.5 Å². The molecular weight excluding hydrogens is 482 g/mol. The highest BCUT2D eigenvalue weighted by atomic mass is 35.5. The van der Waals surface area contributed by atoms with E-state index in [0.29, 0.717) is 36.2 Å². The summed E-state index contributed by atoms with van der Waals surface area (Å²) >= 11 is 12.4. The predicted octanol–water partition coefficient (Wildman–Crippen LogP) is 5.48. The Kier molecular flexibility index (Phi) is 6.41. The molecule has 10 heteroatoms. The van der Waals surface area contributed by atoms with E-state index in [0.717, 1.165) is 30.6 Å². The van der Waals surface area contributed by atoms with Crippen LogP contribution in [0.5, 0.6) is 5.75 Å². The van der Waals surface area contributed by atoms with E-state index >= 15 is 0 Å². The van der Waals surface area contributed by atoms with Gasteiger partial charge in [-0.3, -0.25) is 4.68 Å². The van der Waals surface area contributed by atoms with E-state index in [1.807, 2.05) is 10.9 Å². The van der Waals surface area contributed by atoms with Crippen molar-refractivity contribution in [3.8, 4) is 16.9 Å². The van der Waals surface area contributed by atoms with Crippen LogP contribution >= 0.6 is 23.2 Å². The fraction of sp³-hybridized carbons (Fsp3) is 0.417. The number of benzene rings is 1. The molecule has 0 bridgehead atoms. The highest BCUT2D eigenvalue weighted by Crippen LogP contribution is 2.45. The van der Waals surface area contributed by atoms with Gasteiger partial charge in [-0.2, -0.15) is 5.10 Å². The SMILES string of the molecule is CC(Oc1cc(-c2cnn(C3CCOCC34CCOC4)c2)cnc1N)c1c(Cl)ccc(F)c1Cl. The van der Waals surface area contributed by atoms with Crippen LogP contribution < -0.4 is 10.5 Å². The van der Waals surface area contributed by atoms with Crippen LogP contribution in [0.3, 0.4) is 0 Å². The van der Waals surface area contributed by atoms with Crippen LogP contribution in [0.15, 0.2) is 36.8 Å². The second-order valence-corrected chi connectivity index (χ2v) is 9.64. The number of anilines is 1. The number of rotatable bonds is 5. The molecule has 3 unspecified atom stereocenters. The number of nitrogens with zero attached hydrogens (tertiary/aromatic N) is 3. The van der Waals surface area contributed by atoms with Crippen molar-refractivity contribution in [2.45, 2.75) is 31.9 Å². The summed E-state index contributed by atoms with van der Waals surface area (Å²) in [5.41, 5.74) is 8.06. The zero-order valence-corrected chi connectivity index (χ0v) is 20.2. The molecule has 180 valence electrons. The van der Waals surface area contributed by atoms with Crippen molar-refractivity contribution in [2.24, 2.45) is 5.41 Å². The van der Waals surface area contributed by atoms with Crippen molar-refractivity contribution in [3.63, 3.8) is 0 Å². The van der Waals surface area contributed by atoms with Gasteiger partial charge in [0.15, 0.2) is 11.6 Å². The molecule has 1 spiro atoms. The summed E-state index contributed by atoms with van der Waals surface area (Å²) in [6, 6.07) is 4.66. The Morgan fingerprint density at radius 3 is 2.79 bits per heavy atom. The minimum atomic E-state index is -0.651. The lowest BCUT2D eigenvalue weighted by Crippen LogP contribution is -2.42. The Hall–Kier alpha value is -2.39. The van der Waals surface area contributed by atoms with Crippen molar-refractivity contribution in [1.82, 2.24) is 14.8 Å². The number of ether oxygens (including phenoxy) is 3. The Morgan fingerprint density at radius 1 is 1.21 bits per heavy atom. The fourth-order valence-electron chi connectivity index (χ4n) is 4.82. The normalized spacial score (nSPS) is 23.4. The number of nitrogens with two attached hydrogens (primary N) is 1. The monoisotopic (exact) mass is 506 g/mol. The van der Waals surface area contributed by atoms with Crippen LogP contribution in [0.25, 0.3) is 11.1 Å². The molecular formula is C24H25Cl2FN4O3. The number of aromatic nitrogens is 3. The van der Waals surface area contributed by atoms with E-state index < -0.39 is 11.9 Å². The first-order chi connectivity index (χ1) is 16.4. The third-order valence-electron chi connectivity index (χ3n) is 6.69. The molecule has 7 nitrogen and oxygen atoms in total. The van der Waals surface area contributed by atoms with Crippen LogP contribution in [-0.2, 0) is 9.47 Å². The van der Waals surface area contributed by atoms with Gasteiger partial charge in [0, 0.05) is 52.7 Å². The second kappa shape index (κ2) is 9.34. The lowest BCUT2D eigenvalue weighted by atomic mass is 9.77. The van der Waals surface area contributed by atoms with Gasteiger partial charge in [-0.25, -0.2) is 9.37 Å². The van der Waals surface area contributed by atoms with Crippen molar-refractivity contribution in [2.75, 3.05) is 32.2 Å². The summed E-state index contributed by atoms with van der Waals surface area (Å²) in [5.74, 6) is -0.0127. The summed E-state index contributed by atoms with van der Waals surface area (Å²) in [6.07, 6.45) is 6.68. The minimum Gasteiger partial charge on any atom is -0.482 e. The van der Waals surface area contributed by atoms with E-state index in [-0.39, 0.29) is 22.3 Å². The zero-order chi connectivity index (χ0) is 23.9. The summed E-state index contributed by atoms with van der Waals surface area (Å²) in [5, 5.41) is 4.89. The van der Waals surface area contributed by atoms with Gasteiger partial charge in [-0.1, -0.05) is 23.2 Å². The van der Waals surface area contributed by atoms with Crippen molar-refractivity contribution in [1.29, 1.82) is 0 Å². The van der Waals surface area contributed by atoms with Gasteiger partial charge < -0.3 is 19.9 Å². The van der Waals surface area contributed by atoms with Gasteiger partial charge in [-0.05, 0) is 38.0 Å². The summed E-state index contributed by atoms with van der Waals surface area (Å²) in [4.78, 5) is 4.29. The lowest BCUT2D eigenvalue weighted by molar-refractivity contribution is -0.0526. The lowest BCUT2D eigenvalue weighted by Gasteiger charge is -2.39. The van der Waals surface area contributed by atoms with E-state index in [1.165, 1.54) is 12.1 Å². The predicted molar refractivity (Wildman–Crippen MR) is 128 cm³/mol. The smallest absolute Gasteiger partial charge is 0.166 e. The van der Waals surface area contributed by atoms with E-state index in [4.69, 9.17) is 43.1 Å². The van der Waals surface area contributed by atoms with Crippen molar-refractivity contribution >= 4 is 29.0 Å². The van der Waals surface area contributed by atoms with Crippen molar-refractivity contribution < 1.29 is 18.6 Å². The van der Waals surface area contributed by atoms with Crippen LogP contribution in [0, 0.1) is 11.2 Å². The van der Waals surface area contributed by atoms with Crippen LogP contribution in [-0.4, -0.2) is 41.2 Å².